The monoisotopic (exact) mass is 1030 g/mol. The Bertz CT molecular complexity index is 2590. The van der Waals surface area contributed by atoms with Gasteiger partial charge in [0.05, 0.1) is 70.2 Å². The standard InChI is InChI=1S/C38H48N2O21S5/c1-37(2)30(39(12-6-17-64(47,48)49)28-21-24(34(41)42)20-26(32(28)37)35(43)57-15-9-19-66(53,54)55)10-5-11-31-38(3,4)33-27(36(44)56-14-8-16-62-60-58-45)22-25(63-61-59-46)23-29(33)40(31)13-7-18-65(50,51)52/h5,10-11,20-23H,6-9,12-19H2,1-4H3,(H5-,41,42,45,46,47,48,49,50,51,52,53,54,55)/p+1. The van der Waals surface area contributed by atoms with Gasteiger partial charge in [0.25, 0.3) is 30.4 Å². The molecule has 2 heterocycles. The summed E-state index contributed by atoms with van der Waals surface area (Å²) in [6.45, 7) is 6.26. The lowest BCUT2D eigenvalue weighted by Crippen LogP contribution is -2.30. The molecule has 0 aromatic heterocycles. The first-order valence-corrected chi connectivity index (χ1v) is 26.1. The van der Waals surface area contributed by atoms with Gasteiger partial charge in [-0.25, -0.2) is 24.9 Å². The van der Waals surface area contributed by atoms with Gasteiger partial charge >= 0.3 is 17.9 Å². The normalized spacial score (nSPS) is 16.3. The molecule has 0 radical (unpaired) electrons. The number of carboxylic acid groups (broad SMARTS) is 1. The number of hydrogen-bond acceptors (Lipinski definition) is 20. The van der Waals surface area contributed by atoms with Gasteiger partial charge in [-0.2, -0.15) is 29.8 Å². The quantitative estimate of drug-likeness (QED) is 0.0137. The van der Waals surface area contributed by atoms with Crippen LogP contribution in [0.15, 0.2) is 53.1 Å². The van der Waals surface area contributed by atoms with E-state index in [2.05, 4.69) is 18.7 Å². The third kappa shape index (κ3) is 14.5. The van der Waals surface area contributed by atoms with Crippen molar-refractivity contribution in [2.75, 3.05) is 54.2 Å². The summed E-state index contributed by atoms with van der Waals surface area (Å²) in [5, 5.41) is 34.7. The van der Waals surface area contributed by atoms with Crippen LogP contribution in [0.25, 0.3) is 0 Å². The maximum Gasteiger partial charge on any atom is 0.338 e. The highest BCUT2D eigenvalue weighted by molar-refractivity contribution is 7.94. The van der Waals surface area contributed by atoms with Crippen LogP contribution in [0.2, 0.25) is 0 Å². The van der Waals surface area contributed by atoms with Crippen LogP contribution in [-0.4, -0.2) is 132 Å². The molecule has 366 valence electrons. The molecule has 0 aliphatic carbocycles. The van der Waals surface area contributed by atoms with Crippen LogP contribution in [0.4, 0.5) is 11.4 Å². The van der Waals surface area contributed by atoms with E-state index < -0.39 is 83.0 Å². The first kappa shape index (κ1) is 54.6. The second-order valence-corrected chi connectivity index (χ2v) is 21.9. The van der Waals surface area contributed by atoms with Crippen LogP contribution < -0.4 is 4.90 Å². The molecule has 0 spiro atoms. The third-order valence-electron chi connectivity index (χ3n) is 10.3. The summed E-state index contributed by atoms with van der Waals surface area (Å²) in [6.07, 6.45) is 4.59. The number of esters is 2. The Balaban J connectivity index is 1.89. The van der Waals surface area contributed by atoms with Gasteiger partial charge in [-0.05, 0) is 57.4 Å². The van der Waals surface area contributed by atoms with E-state index in [0.29, 0.717) is 34.7 Å². The first-order valence-electron chi connectivity index (χ1n) is 19.6. The van der Waals surface area contributed by atoms with E-state index in [1.807, 2.05) is 0 Å². The summed E-state index contributed by atoms with van der Waals surface area (Å²) in [5.74, 6) is -4.98. The SMILES string of the molecule is CC1(C)C(/C=C/C=C2/N(CCCS(=O)(=O)O)c3cc(C(=O)O)cc(C(=O)OCCCS(=O)(=O)O)c3C2(C)C)=[N+](CCCS(=O)(=O)O)c2cc(SOOO)cc(C(=O)OCCCSOOO)c21. The van der Waals surface area contributed by atoms with Crippen molar-refractivity contribution in [1.29, 1.82) is 0 Å². The zero-order valence-electron chi connectivity index (χ0n) is 35.8. The van der Waals surface area contributed by atoms with E-state index in [9.17, 15) is 53.8 Å². The zero-order chi connectivity index (χ0) is 49.3. The van der Waals surface area contributed by atoms with Crippen molar-refractivity contribution in [3.05, 3.63) is 76.0 Å². The number of rotatable bonds is 26. The highest BCUT2D eigenvalue weighted by atomic mass is 32.2. The fourth-order valence-corrected chi connectivity index (χ4v) is 9.98. The van der Waals surface area contributed by atoms with Crippen molar-refractivity contribution in [3.8, 4) is 0 Å². The third-order valence-corrected chi connectivity index (χ3v) is 13.9. The highest BCUT2D eigenvalue weighted by Crippen LogP contribution is 2.51. The van der Waals surface area contributed by atoms with Crippen LogP contribution in [0.1, 0.15) is 95.6 Å². The average Bonchev–Trinajstić information content (AvgIpc) is 3.55. The molecular weight excluding hydrogens is 981 g/mol. The predicted octanol–water partition coefficient (Wildman–Crippen LogP) is 5.03. The molecule has 0 atom stereocenters. The van der Waals surface area contributed by atoms with Crippen molar-refractivity contribution in [2.24, 2.45) is 0 Å². The van der Waals surface area contributed by atoms with Gasteiger partial charge in [0.1, 0.15) is 6.54 Å². The summed E-state index contributed by atoms with van der Waals surface area (Å²) in [7, 11) is -13.3. The van der Waals surface area contributed by atoms with Gasteiger partial charge in [0.15, 0.2) is 5.71 Å². The van der Waals surface area contributed by atoms with E-state index >= 15 is 0 Å². The van der Waals surface area contributed by atoms with E-state index in [0.717, 1.165) is 18.1 Å². The van der Waals surface area contributed by atoms with Crippen LogP contribution in [0.5, 0.6) is 0 Å². The smallest absolute Gasteiger partial charge is 0.338 e. The van der Waals surface area contributed by atoms with Crippen molar-refractivity contribution in [3.63, 3.8) is 0 Å². The van der Waals surface area contributed by atoms with Crippen LogP contribution >= 0.6 is 24.1 Å². The maximum atomic E-state index is 13.8. The number of carbonyl (C=O) groups excluding carboxylic acids is 2. The number of carboxylic acids is 1. The molecule has 0 amide bonds. The minimum absolute atomic E-state index is 0.0387. The van der Waals surface area contributed by atoms with Gasteiger partial charge in [0, 0.05) is 70.2 Å². The number of aromatic carboxylic acids is 1. The number of anilines is 1. The summed E-state index contributed by atoms with van der Waals surface area (Å²) >= 11 is 1.29. The summed E-state index contributed by atoms with van der Waals surface area (Å²) in [5.41, 5.74) is -0.625. The Labute approximate surface area is 388 Å². The largest absolute Gasteiger partial charge is 0.478 e. The lowest BCUT2D eigenvalue weighted by atomic mass is 9.78. The first-order chi connectivity index (χ1) is 30.7. The van der Waals surface area contributed by atoms with Crippen LogP contribution in [-0.2, 0) is 69.4 Å². The molecule has 4 rings (SSSR count). The van der Waals surface area contributed by atoms with Crippen molar-refractivity contribution >= 4 is 89.4 Å². The molecule has 2 aliphatic rings. The van der Waals surface area contributed by atoms with Crippen molar-refractivity contribution < 1.29 is 102 Å². The molecule has 2 aromatic carbocycles. The molecule has 66 heavy (non-hydrogen) atoms. The Hall–Kier alpha value is -4.01. The second-order valence-electron chi connectivity index (χ2n) is 15.7. The molecule has 0 saturated carbocycles. The molecular formula is C38H49N2O21S5+. The Morgan fingerprint density at radius 2 is 1.32 bits per heavy atom. The molecule has 6 N–H and O–H groups in total. The molecule has 0 fully saturated rings. The summed E-state index contributed by atoms with van der Waals surface area (Å²) < 4.78 is 120. The van der Waals surface area contributed by atoms with Crippen LogP contribution in [0.3, 0.4) is 0 Å². The predicted molar refractivity (Wildman–Crippen MR) is 236 cm³/mol. The molecule has 0 saturated heterocycles. The number of ether oxygens (including phenoxy) is 2. The van der Waals surface area contributed by atoms with Crippen LogP contribution in [0, 0.1) is 0 Å². The number of carbonyl (C=O) groups is 3. The minimum Gasteiger partial charge on any atom is -0.478 e. The Morgan fingerprint density at radius 3 is 1.91 bits per heavy atom. The van der Waals surface area contributed by atoms with Gasteiger partial charge in [0.2, 0.25) is 5.69 Å². The fourth-order valence-electron chi connectivity index (χ4n) is 7.72. The van der Waals surface area contributed by atoms with E-state index in [1.54, 1.807) is 61.5 Å². The molecule has 2 aromatic rings. The molecule has 28 heteroatoms. The zero-order valence-corrected chi connectivity index (χ0v) is 39.9. The van der Waals surface area contributed by atoms with Crippen molar-refractivity contribution in [1.82, 2.24) is 0 Å². The molecule has 0 bridgehead atoms. The van der Waals surface area contributed by atoms with E-state index in [-0.39, 0.29) is 84.0 Å². The summed E-state index contributed by atoms with van der Waals surface area (Å²) in [6, 6.07) is 5.39. The Morgan fingerprint density at radius 1 is 0.742 bits per heavy atom. The van der Waals surface area contributed by atoms with Gasteiger partial charge in [-0.1, -0.05) is 30.0 Å². The lowest BCUT2D eigenvalue weighted by molar-refractivity contribution is -0.437. The topological polar surface area (TPSA) is 337 Å². The molecule has 23 nitrogen and oxygen atoms in total. The average molecular weight is 1030 g/mol. The Kier molecular flexibility index (Phi) is 18.9. The number of allylic oxidation sites excluding steroid dienone is 4. The number of hydrogen-bond donors (Lipinski definition) is 6. The molecule has 0 unspecified atom stereocenters. The lowest BCUT2D eigenvalue weighted by Gasteiger charge is -2.27. The van der Waals surface area contributed by atoms with E-state index in [1.165, 1.54) is 12.1 Å². The highest BCUT2D eigenvalue weighted by Gasteiger charge is 2.48. The van der Waals surface area contributed by atoms with Gasteiger partial charge < -0.3 is 19.5 Å². The summed E-state index contributed by atoms with van der Waals surface area (Å²) in [4.78, 5) is 41.6. The molecule has 2 aliphatic heterocycles. The maximum absolute atomic E-state index is 13.8. The van der Waals surface area contributed by atoms with E-state index in [4.69, 9.17) is 24.5 Å². The van der Waals surface area contributed by atoms with Gasteiger partial charge in [-0.3, -0.25) is 13.7 Å². The number of fused-ring (bicyclic) bond motifs is 2. The number of benzene rings is 2. The van der Waals surface area contributed by atoms with Gasteiger partial charge in [-0.15, -0.1) is 8.67 Å². The second kappa shape index (κ2) is 22.9. The minimum atomic E-state index is -4.46. The fraction of sp³-hybridized carbons (Fsp3) is 0.474. The van der Waals surface area contributed by atoms with Crippen molar-refractivity contribution in [2.45, 2.75) is 69.1 Å². The number of nitrogens with zero attached hydrogens (tertiary/aromatic N) is 2.